The quantitative estimate of drug-likeness (QED) is 0.644. The molecular formula is C22H26N4O3. The fourth-order valence-electron chi connectivity index (χ4n) is 3.14. The van der Waals surface area contributed by atoms with Gasteiger partial charge in [0.25, 0.3) is 0 Å². The number of carbonyl (C=O) groups is 2. The zero-order valence-electron chi connectivity index (χ0n) is 17.4. The van der Waals surface area contributed by atoms with Gasteiger partial charge in [-0.3, -0.25) is 14.9 Å². The maximum Gasteiger partial charge on any atom is 0.410 e. The van der Waals surface area contributed by atoms with Crippen LogP contribution in [0, 0.1) is 6.92 Å². The van der Waals surface area contributed by atoms with E-state index in [1.54, 1.807) is 17.3 Å². The van der Waals surface area contributed by atoms with E-state index in [2.05, 4.69) is 15.2 Å². The van der Waals surface area contributed by atoms with Gasteiger partial charge in [0.15, 0.2) is 6.29 Å². The summed E-state index contributed by atoms with van der Waals surface area (Å²) < 4.78 is 5.51. The third-order valence-corrected chi connectivity index (χ3v) is 4.73. The summed E-state index contributed by atoms with van der Waals surface area (Å²) in [6.07, 6.45) is 3.99. The number of rotatable bonds is 5. The molecule has 0 bridgehead atoms. The predicted molar refractivity (Wildman–Crippen MR) is 112 cm³/mol. The van der Waals surface area contributed by atoms with Crippen LogP contribution in [0.15, 0.2) is 30.6 Å². The fraction of sp³-hybridized carbons (Fsp3) is 0.364. The molecule has 0 aliphatic carbocycles. The van der Waals surface area contributed by atoms with Gasteiger partial charge in [0, 0.05) is 29.9 Å². The number of hydrogen-bond donors (Lipinski definition) is 1. The second kappa shape index (κ2) is 8.03. The van der Waals surface area contributed by atoms with Crippen LogP contribution in [0.1, 0.15) is 49.3 Å². The average molecular weight is 394 g/mol. The fourth-order valence-corrected chi connectivity index (χ4v) is 3.14. The average Bonchev–Trinajstić information content (AvgIpc) is 3.08. The lowest BCUT2D eigenvalue weighted by atomic mass is 9.98. The zero-order chi connectivity index (χ0) is 21.2. The molecule has 0 atom stereocenters. The number of aromatic nitrogens is 3. The second-order valence-corrected chi connectivity index (χ2v) is 7.95. The minimum absolute atomic E-state index is 0.347. The molecule has 0 aliphatic heterocycles. The van der Waals surface area contributed by atoms with E-state index < -0.39 is 5.60 Å². The lowest BCUT2D eigenvalue weighted by Gasteiger charge is -2.27. The van der Waals surface area contributed by atoms with Gasteiger partial charge in [-0.1, -0.05) is 6.07 Å². The van der Waals surface area contributed by atoms with E-state index in [0.717, 1.165) is 39.4 Å². The normalized spacial score (nSPS) is 11.5. The Morgan fingerprint density at radius 2 is 2.03 bits per heavy atom. The molecule has 7 heteroatoms. The minimum atomic E-state index is -0.546. The Kier molecular flexibility index (Phi) is 5.68. The number of pyridine rings is 1. The van der Waals surface area contributed by atoms with E-state index in [9.17, 15) is 9.59 Å². The van der Waals surface area contributed by atoms with E-state index in [0.29, 0.717) is 18.8 Å². The van der Waals surface area contributed by atoms with Crippen LogP contribution in [-0.2, 0) is 11.3 Å². The highest BCUT2D eigenvalue weighted by Crippen LogP contribution is 2.29. The Hall–Kier alpha value is -3.22. The van der Waals surface area contributed by atoms with Crippen molar-refractivity contribution in [2.24, 2.45) is 0 Å². The van der Waals surface area contributed by atoms with Gasteiger partial charge in [-0.25, -0.2) is 4.79 Å². The lowest BCUT2D eigenvalue weighted by molar-refractivity contribution is 0.0244. The van der Waals surface area contributed by atoms with Gasteiger partial charge < -0.3 is 9.64 Å². The van der Waals surface area contributed by atoms with Gasteiger partial charge >= 0.3 is 6.09 Å². The molecule has 0 aliphatic rings. The second-order valence-electron chi connectivity index (χ2n) is 7.95. The first-order valence-electron chi connectivity index (χ1n) is 9.58. The number of carbonyl (C=O) groups excluding carboxylic acids is 2. The van der Waals surface area contributed by atoms with Crippen molar-refractivity contribution in [2.45, 2.75) is 46.8 Å². The van der Waals surface area contributed by atoms with Crippen molar-refractivity contribution in [2.75, 3.05) is 6.54 Å². The van der Waals surface area contributed by atoms with E-state index in [1.165, 1.54) is 0 Å². The number of hydrogen-bond acceptors (Lipinski definition) is 5. The maximum absolute atomic E-state index is 12.5. The molecule has 1 amide bonds. The lowest BCUT2D eigenvalue weighted by Crippen LogP contribution is -2.36. The van der Waals surface area contributed by atoms with Crippen LogP contribution >= 0.6 is 0 Å². The number of aldehydes is 1. The van der Waals surface area contributed by atoms with Crippen LogP contribution in [0.3, 0.4) is 0 Å². The number of benzene rings is 1. The minimum Gasteiger partial charge on any atom is -0.444 e. The molecule has 152 valence electrons. The van der Waals surface area contributed by atoms with Crippen LogP contribution < -0.4 is 0 Å². The number of fused-ring (bicyclic) bond motifs is 1. The number of nitrogens with one attached hydrogen (secondary N) is 1. The highest BCUT2D eigenvalue weighted by Gasteiger charge is 2.22. The third-order valence-electron chi connectivity index (χ3n) is 4.73. The molecule has 29 heavy (non-hydrogen) atoms. The number of aromatic amines is 1. The third kappa shape index (κ3) is 4.45. The summed E-state index contributed by atoms with van der Waals surface area (Å²) >= 11 is 0. The molecule has 2 aromatic heterocycles. The number of amides is 1. The molecule has 0 saturated carbocycles. The summed E-state index contributed by atoms with van der Waals surface area (Å²) in [5.41, 5.74) is 4.49. The Balaban J connectivity index is 1.93. The van der Waals surface area contributed by atoms with E-state index in [-0.39, 0.29) is 6.09 Å². The molecule has 2 heterocycles. The van der Waals surface area contributed by atoms with Crippen LogP contribution in [-0.4, -0.2) is 44.6 Å². The van der Waals surface area contributed by atoms with Crippen molar-refractivity contribution in [3.05, 3.63) is 47.4 Å². The van der Waals surface area contributed by atoms with Crippen molar-refractivity contribution in [3.8, 4) is 11.1 Å². The molecule has 1 N–H and O–H groups in total. The van der Waals surface area contributed by atoms with E-state index in [1.807, 2.05) is 52.8 Å². The van der Waals surface area contributed by atoms with Gasteiger partial charge in [-0.05, 0) is 63.4 Å². The van der Waals surface area contributed by atoms with Gasteiger partial charge in [0.05, 0.1) is 12.1 Å². The SMILES string of the molecule is CCN(Cc1cncc(-c2ccc3n[nH]c(C=O)c3c2)c1C)C(=O)OC(C)(C)C. The van der Waals surface area contributed by atoms with Crippen LogP contribution in [0.4, 0.5) is 4.79 Å². The van der Waals surface area contributed by atoms with Crippen LogP contribution in [0.5, 0.6) is 0 Å². The number of nitrogens with zero attached hydrogens (tertiary/aromatic N) is 3. The smallest absolute Gasteiger partial charge is 0.410 e. The summed E-state index contributed by atoms with van der Waals surface area (Å²) in [6.45, 7) is 10.4. The summed E-state index contributed by atoms with van der Waals surface area (Å²) in [4.78, 5) is 29.8. The summed E-state index contributed by atoms with van der Waals surface area (Å²) in [5.74, 6) is 0. The van der Waals surface area contributed by atoms with Crippen molar-refractivity contribution < 1.29 is 14.3 Å². The van der Waals surface area contributed by atoms with E-state index >= 15 is 0 Å². The maximum atomic E-state index is 12.5. The van der Waals surface area contributed by atoms with Crippen molar-refractivity contribution >= 4 is 23.3 Å². The van der Waals surface area contributed by atoms with E-state index in [4.69, 9.17) is 4.74 Å². The van der Waals surface area contributed by atoms with Crippen molar-refractivity contribution in [1.29, 1.82) is 0 Å². The first-order valence-corrected chi connectivity index (χ1v) is 9.58. The van der Waals surface area contributed by atoms with Gasteiger partial charge in [-0.2, -0.15) is 5.10 Å². The standard InChI is InChI=1S/C22H26N4O3/c1-6-26(21(28)29-22(3,4)5)12-16-10-23-11-18(14(16)2)15-7-8-19-17(9-15)20(13-27)25-24-19/h7-11,13H,6,12H2,1-5H3,(H,24,25). The highest BCUT2D eigenvalue weighted by atomic mass is 16.6. The molecule has 0 radical (unpaired) electrons. The van der Waals surface area contributed by atoms with Gasteiger partial charge in [-0.15, -0.1) is 0 Å². The topological polar surface area (TPSA) is 88.2 Å². The van der Waals surface area contributed by atoms with Crippen molar-refractivity contribution in [3.63, 3.8) is 0 Å². The zero-order valence-corrected chi connectivity index (χ0v) is 17.4. The Labute approximate surface area is 170 Å². The molecule has 7 nitrogen and oxygen atoms in total. The predicted octanol–water partition coefficient (Wildman–Crippen LogP) is 4.50. The number of H-pyrrole nitrogens is 1. The molecule has 0 saturated heterocycles. The molecule has 3 rings (SSSR count). The molecule has 0 fully saturated rings. The van der Waals surface area contributed by atoms with Gasteiger partial charge in [0.2, 0.25) is 0 Å². The van der Waals surface area contributed by atoms with Gasteiger partial charge in [0.1, 0.15) is 11.3 Å². The Morgan fingerprint density at radius 3 is 2.69 bits per heavy atom. The molecule has 1 aromatic carbocycles. The molecular weight excluding hydrogens is 368 g/mol. The Bertz CT molecular complexity index is 1050. The first-order chi connectivity index (χ1) is 13.7. The summed E-state index contributed by atoms with van der Waals surface area (Å²) in [6, 6.07) is 5.76. The van der Waals surface area contributed by atoms with Crippen molar-refractivity contribution in [1.82, 2.24) is 20.1 Å². The monoisotopic (exact) mass is 394 g/mol. The number of ether oxygens (including phenoxy) is 1. The molecule has 0 unspecified atom stereocenters. The van der Waals surface area contributed by atoms with Crippen LogP contribution in [0.2, 0.25) is 0 Å². The summed E-state index contributed by atoms with van der Waals surface area (Å²) in [5, 5.41) is 7.64. The Morgan fingerprint density at radius 1 is 1.28 bits per heavy atom. The molecule has 0 spiro atoms. The van der Waals surface area contributed by atoms with Crippen LogP contribution in [0.25, 0.3) is 22.0 Å². The first kappa shape index (κ1) is 20.5. The molecule has 3 aromatic rings. The largest absolute Gasteiger partial charge is 0.444 e. The highest BCUT2D eigenvalue weighted by molar-refractivity contribution is 5.97. The summed E-state index contributed by atoms with van der Waals surface area (Å²) in [7, 11) is 0.